The standard InChI is InChI=1S/C15H15BrClN/c1-10-3-4-12(11(2)7-10)9-18-15-6-5-13(17)8-14(15)16/h3-8,18H,9H2,1-2H3. The summed E-state index contributed by atoms with van der Waals surface area (Å²) in [7, 11) is 0. The SMILES string of the molecule is Cc1ccc(CNc2ccc(Cl)cc2Br)c(C)c1. The highest BCUT2D eigenvalue weighted by Gasteiger charge is 2.02. The predicted molar refractivity (Wildman–Crippen MR) is 82.4 cm³/mol. The Morgan fingerprint density at radius 1 is 1.11 bits per heavy atom. The van der Waals surface area contributed by atoms with Crippen LogP contribution in [0.25, 0.3) is 0 Å². The Morgan fingerprint density at radius 2 is 1.89 bits per heavy atom. The zero-order chi connectivity index (χ0) is 13.1. The lowest BCUT2D eigenvalue weighted by Gasteiger charge is -2.11. The third-order valence-corrected chi connectivity index (χ3v) is 3.79. The van der Waals surface area contributed by atoms with Gasteiger partial charge in [-0.1, -0.05) is 35.4 Å². The lowest BCUT2D eigenvalue weighted by atomic mass is 10.1. The molecule has 3 heteroatoms. The topological polar surface area (TPSA) is 12.0 Å². The van der Waals surface area contributed by atoms with Gasteiger partial charge in [-0.25, -0.2) is 0 Å². The molecule has 0 spiro atoms. The first-order valence-corrected chi connectivity index (χ1v) is 6.98. The molecule has 0 aliphatic rings. The van der Waals surface area contributed by atoms with Crippen LogP contribution in [0.15, 0.2) is 40.9 Å². The van der Waals surface area contributed by atoms with Crippen molar-refractivity contribution in [2.75, 3.05) is 5.32 Å². The van der Waals surface area contributed by atoms with E-state index in [9.17, 15) is 0 Å². The minimum atomic E-state index is 0.735. The molecule has 2 rings (SSSR count). The van der Waals surface area contributed by atoms with Crippen LogP contribution in [0.3, 0.4) is 0 Å². The van der Waals surface area contributed by atoms with Crippen molar-refractivity contribution >= 4 is 33.2 Å². The van der Waals surface area contributed by atoms with Crippen LogP contribution in [0.2, 0.25) is 5.02 Å². The van der Waals surface area contributed by atoms with Crippen molar-refractivity contribution in [3.63, 3.8) is 0 Å². The van der Waals surface area contributed by atoms with Gasteiger partial charge in [0.2, 0.25) is 0 Å². The maximum absolute atomic E-state index is 5.92. The highest BCUT2D eigenvalue weighted by Crippen LogP contribution is 2.26. The van der Waals surface area contributed by atoms with E-state index in [0.29, 0.717) is 0 Å². The van der Waals surface area contributed by atoms with Gasteiger partial charge in [0.15, 0.2) is 0 Å². The second-order valence-electron chi connectivity index (χ2n) is 4.41. The zero-order valence-corrected chi connectivity index (χ0v) is 12.8. The molecule has 0 atom stereocenters. The van der Waals surface area contributed by atoms with Crippen LogP contribution in [-0.4, -0.2) is 0 Å². The Hall–Kier alpha value is -0.990. The van der Waals surface area contributed by atoms with E-state index >= 15 is 0 Å². The summed E-state index contributed by atoms with van der Waals surface area (Å²) < 4.78 is 0.986. The molecular weight excluding hydrogens is 310 g/mol. The first-order chi connectivity index (χ1) is 8.56. The molecule has 94 valence electrons. The Balaban J connectivity index is 2.11. The number of halogens is 2. The van der Waals surface area contributed by atoms with Gasteiger partial charge in [-0.15, -0.1) is 0 Å². The number of hydrogen-bond donors (Lipinski definition) is 1. The fourth-order valence-electron chi connectivity index (χ4n) is 1.87. The van der Waals surface area contributed by atoms with Crippen molar-refractivity contribution in [2.24, 2.45) is 0 Å². The zero-order valence-electron chi connectivity index (χ0n) is 10.4. The Bertz CT molecular complexity index is 515. The third kappa shape index (κ3) is 3.27. The molecule has 0 aromatic heterocycles. The summed E-state index contributed by atoms with van der Waals surface area (Å²) in [5, 5.41) is 4.15. The molecule has 0 heterocycles. The molecule has 2 aromatic rings. The van der Waals surface area contributed by atoms with Gasteiger partial charge >= 0.3 is 0 Å². The Kier molecular flexibility index (Phi) is 4.31. The van der Waals surface area contributed by atoms with Crippen molar-refractivity contribution in [1.82, 2.24) is 0 Å². The maximum Gasteiger partial charge on any atom is 0.0488 e. The third-order valence-electron chi connectivity index (χ3n) is 2.90. The summed E-state index contributed by atoms with van der Waals surface area (Å²) in [5.74, 6) is 0. The first-order valence-electron chi connectivity index (χ1n) is 5.81. The average molecular weight is 325 g/mol. The van der Waals surface area contributed by atoms with Crippen LogP contribution in [0.1, 0.15) is 16.7 Å². The van der Waals surface area contributed by atoms with Gasteiger partial charge < -0.3 is 5.32 Å². The summed E-state index contributed by atoms with van der Waals surface area (Å²) >= 11 is 9.42. The monoisotopic (exact) mass is 323 g/mol. The quantitative estimate of drug-likeness (QED) is 0.804. The number of aryl methyl sites for hydroxylation is 2. The number of benzene rings is 2. The van der Waals surface area contributed by atoms with E-state index < -0.39 is 0 Å². The molecule has 0 aliphatic carbocycles. The molecule has 0 unspecified atom stereocenters. The molecule has 1 nitrogen and oxygen atoms in total. The van der Waals surface area contributed by atoms with Crippen molar-refractivity contribution in [3.8, 4) is 0 Å². The van der Waals surface area contributed by atoms with Gasteiger partial charge in [-0.2, -0.15) is 0 Å². The molecule has 0 amide bonds. The van der Waals surface area contributed by atoms with E-state index in [1.54, 1.807) is 0 Å². The summed E-state index contributed by atoms with van der Waals surface area (Å²) in [6.45, 7) is 5.06. The maximum atomic E-state index is 5.92. The molecular formula is C15H15BrClN. The normalized spacial score (nSPS) is 10.4. The van der Waals surface area contributed by atoms with Crippen LogP contribution in [0, 0.1) is 13.8 Å². The van der Waals surface area contributed by atoms with Crippen LogP contribution in [-0.2, 0) is 6.54 Å². The summed E-state index contributed by atoms with van der Waals surface area (Å²) in [4.78, 5) is 0. The molecule has 0 saturated carbocycles. The highest BCUT2D eigenvalue weighted by atomic mass is 79.9. The van der Waals surface area contributed by atoms with Crippen LogP contribution >= 0.6 is 27.5 Å². The van der Waals surface area contributed by atoms with Crippen molar-refractivity contribution in [1.29, 1.82) is 0 Å². The van der Waals surface area contributed by atoms with Gasteiger partial charge in [-0.3, -0.25) is 0 Å². The van der Waals surface area contributed by atoms with Crippen LogP contribution in [0.4, 0.5) is 5.69 Å². The second-order valence-corrected chi connectivity index (χ2v) is 5.70. The van der Waals surface area contributed by atoms with Gasteiger partial charge in [0.1, 0.15) is 0 Å². The summed E-state index contributed by atoms with van der Waals surface area (Å²) in [6, 6.07) is 12.3. The van der Waals surface area contributed by atoms with Gasteiger partial charge in [0.25, 0.3) is 0 Å². The second kappa shape index (κ2) is 5.77. The van der Waals surface area contributed by atoms with Crippen molar-refractivity contribution in [2.45, 2.75) is 20.4 Å². The summed E-state index contributed by atoms with van der Waals surface area (Å²) in [5.41, 5.74) is 4.97. The van der Waals surface area contributed by atoms with Crippen molar-refractivity contribution < 1.29 is 0 Å². The van der Waals surface area contributed by atoms with Crippen LogP contribution in [0.5, 0.6) is 0 Å². The number of nitrogens with one attached hydrogen (secondary N) is 1. The molecule has 0 fully saturated rings. The molecule has 0 saturated heterocycles. The van der Waals surface area contributed by atoms with Crippen LogP contribution < -0.4 is 5.32 Å². The number of hydrogen-bond acceptors (Lipinski definition) is 1. The van der Waals surface area contributed by atoms with E-state index in [2.05, 4.69) is 53.3 Å². The van der Waals surface area contributed by atoms with Gasteiger partial charge in [0, 0.05) is 21.7 Å². The predicted octanol–water partition coefficient (Wildman–Crippen LogP) is 5.33. The molecule has 2 aromatic carbocycles. The van der Waals surface area contributed by atoms with E-state index in [1.807, 2.05) is 18.2 Å². The van der Waals surface area contributed by atoms with E-state index in [4.69, 9.17) is 11.6 Å². The molecule has 18 heavy (non-hydrogen) atoms. The van der Waals surface area contributed by atoms with Crippen molar-refractivity contribution in [3.05, 3.63) is 62.6 Å². The molecule has 1 N–H and O–H groups in total. The first kappa shape index (κ1) is 13.4. The fraction of sp³-hybridized carbons (Fsp3) is 0.200. The molecule has 0 radical (unpaired) electrons. The number of anilines is 1. The number of rotatable bonds is 3. The van der Waals surface area contributed by atoms with E-state index in [1.165, 1.54) is 16.7 Å². The highest BCUT2D eigenvalue weighted by molar-refractivity contribution is 9.10. The molecule has 0 bridgehead atoms. The Morgan fingerprint density at radius 3 is 2.56 bits per heavy atom. The van der Waals surface area contributed by atoms with E-state index in [-0.39, 0.29) is 0 Å². The lowest BCUT2D eigenvalue weighted by molar-refractivity contribution is 1.11. The minimum absolute atomic E-state index is 0.735. The minimum Gasteiger partial charge on any atom is -0.380 e. The average Bonchev–Trinajstić information content (AvgIpc) is 2.30. The fourth-order valence-corrected chi connectivity index (χ4v) is 2.69. The smallest absolute Gasteiger partial charge is 0.0488 e. The Labute approximate surface area is 121 Å². The summed E-state index contributed by atoms with van der Waals surface area (Å²) in [6.07, 6.45) is 0. The van der Waals surface area contributed by atoms with E-state index in [0.717, 1.165) is 21.7 Å². The van der Waals surface area contributed by atoms with Gasteiger partial charge in [-0.05, 0) is 59.1 Å². The largest absolute Gasteiger partial charge is 0.380 e. The molecule has 0 aliphatic heterocycles. The van der Waals surface area contributed by atoms with Gasteiger partial charge in [0.05, 0.1) is 0 Å². The lowest BCUT2D eigenvalue weighted by Crippen LogP contribution is -2.02.